The minimum atomic E-state index is -4.24. The number of fused-ring (bicyclic) bond motifs is 1. The molecule has 0 unspecified atom stereocenters. The molecule has 3 heterocycles. The number of alkyl halides is 3. The van der Waals surface area contributed by atoms with Crippen molar-refractivity contribution in [2.24, 2.45) is 0 Å². The smallest absolute Gasteiger partial charge is 0.382 e. The maximum Gasteiger partial charge on any atom is 0.390 e. The molecule has 1 aliphatic rings. The number of H-pyrrole nitrogens is 1. The predicted molar refractivity (Wildman–Crippen MR) is 112 cm³/mol. The molecule has 0 saturated heterocycles. The quantitative estimate of drug-likeness (QED) is 0.399. The van der Waals surface area contributed by atoms with E-state index in [1.165, 1.54) is 23.4 Å². The molecule has 4 aromatic rings. The molecular weight excluding hydrogens is 429 g/mol. The maximum absolute atomic E-state index is 12.5. The highest BCUT2D eigenvalue weighted by molar-refractivity contribution is 6.29. The number of imidazole rings is 2. The Kier molecular flexibility index (Phi) is 4.85. The van der Waals surface area contributed by atoms with Crippen molar-refractivity contribution < 1.29 is 13.2 Å². The third kappa shape index (κ3) is 4.23. The number of anilines is 1. The number of rotatable bonds is 6. The first kappa shape index (κ1) is 19.9. The van der Waals surface area contributed by atoms with Crippen LogP contribution in [0.3, 0.4) is 0 Å². The molecule has 0 bridgehead atoms. The van der Waals surface area contributed by atoms with Gasteiger partial charge in [-0.15, -0.1) is 0 Å². The third-order valence-electron chi connectivity index (χ3n) is 5.21. The summed E-state index contributed by atoms with van der Waals surface area (Å²) >= 11 is 6.11. The van der Waals surface area contributed by atoms with Crippen LogP contribution in [0.1, 0.15) is 31.0 Å². The SMILES string of the molecule is FC(F)(F)CCNc1cc(Cl)nn2c(-c3ccc(-c4cnc(C5CC5)[nH]4)cc3)cnc12. The Hall–Kier alpha value is -3.07. The van der Waals surface area contributed by atoms with Gasteiger partial charge in [0.1, 0.15) is 5.82 Å². The van der Waals surface area contributed by atoms with Crippen molar-refractivity contribution in [3.05, 3.63) is 53.7 Å². The summed E-state index contributed by atoms with van der Waals surface area (Å²) in [7, 11) is 0. The summed E-state index contributed by atoms with van der Waals surface area (Å²) in [6.45, 7) is -0.274. The topological polar surface area (TPSA) is 70.9 Å². The Balaban J connectivity index is 1.41. The van der Waals surface area contributed by atoms with Gasteiger partial charge in [-0.2, -0.15) is 18.3 Å². The molecule has 0 spiro atoms. The molecule has 5 rings (SSSR count). The van der Waals surface area contributed by atoms with Gasteiger partial charge in [-0.1, -0.05) is 35.9 Å². The lowest BCUT2D eigenvalue weighted by molar-refractivity contribution is -0.131. The lowest BCUT2D eigenvalue weighted by Crippen LogP contribution is -2.15. The average Bonchev–Trinajstić information content (AvgIpc) is 3.30. The van der Waals surface area contributed by atoms with E-state index in [4.69, 9.17) is 11.6 Å². The van der Waals surface area contributed by atoms with Crippen molar-refractivity contribution in [1.29, 1.82) is 0 Å². The van der Waals surface area contributed by atoms with Gasteiger partial charge < -0.3 is 10.3 Å². The van der Waals surface area contributed by atoms with E-state index in [2.05, 4.69) is 25.4 Å². The van der Waals surface area contributed by atoms with Gasteiger partial charge in [0.05, 0.1) is 35.9 Å². The van der Waals surface area contributed by atoms with Crippen molar-refractivity contribution >= 4 is 22.9 Å². The van der Waals surface area contributed by atoms with Crippen LogP contribution >= 0.6 is 11.6 Å². The number of aromatic nitrogens is 5. The normalized spacial score (nSPS) is 14.3. The number of hydrogen-bond acceptors (Lipinski definition) is 4. The predicted octanol–water partition coefficient (Wildman–Crippen LogP) is 5.68. The molecule has 0 amide bonds. The number of nitrogens with zero attached hydrogens (tertiary/aromatic N) is 4. The summed E-state index contributed by atoms with van der Waals surface area (Å²) in [5, 5.41) is 7.19. The van der Waals surface area contributed by atoms with E-state index in [0.29, 0.717) is 22.9 Å². The summed E-state index contributed by atoms with van der Waals surface area (Å²) in [5.41, 5.74) is 4.33. The highest BCUT2D eigenvalue weighted by Crippen LogP contribution is 2.39. The summed E-state index contributed by atoms with van der Waals surface area (Å²) in [6.07, 6.45) is 0.646. The van der Waals surface area contributed by atoms with Crippen molar-refractivity contribution in [2.75, 3.05) is 11.9 Å². The average molecular weight is 447 g/mol. The molecule has 10 heteroatoms. The molecule has 0 radical (unpaired) electrons. The zero-order valence-corrected chi connectivity index (χ0v) is 17.0. The maximum atomic E-state index is 12.5. The zero-order chi connectivity index (χ0) is 21.6. The molecule has 0 atom stereocenters. The van der Waals surface area contributed by atoms with Gasteiger partial charge in [0.25, 0.3) is 0 Å². The number of halogens is 4. The largest absolute Gasteiger partial charge is 0.390 e. The number of nitrogens with one attached hydrogen (secondary N) is 2. The number of hydrogen-bond donors (Lipinski definition) is 2. The second kappa shape index (κ2) is 7.56. The number of benzene rings is 1. The van der Waals surface area contributed by atoms with Crippen molar-refractivity contribution in [3.63, 3.8) is 0 Å². The Morgan fingerprint density at radius 3 is 2.55 bits per heavy atom. The molecule has 1 aromatic carbocycles. The molecule has 6 nitrogen and oxygen atoms in total. The molecule has 0 aliphatic heterocycles. The van der Waals surface area contributed by atoms with Crippen LogP contribution in [0.5, 0.6) is 0 Å². The lowest BCUT2D eigenvalue weighted by Gasteiger charge is -2.10. The molecule has 1 fully saturated rings. The summed E-state index contributed by atoms with van der Waals surface area (Å²) in [6, 6.07) is 9.31. The fourth-order valence-corrected chi connectivity index (χ4v) is 3.66. The standard InChI is InChI=1S/C21H18ClF3N6/c22-18-9-15(26-8-7-21(23,24)25)20-28-11-17(31(20)30-18)13-3-1-12(2-4-13)16-10-27-19(29-16)14-5-6-14/h1-4,9-11,14,26H,5-8H2,(H,27,29). The van der Waals surface area contributed by atoms with Crippen LogP contribution in [0.15, 0.2) is 42.7 Å². The second-order valence-electron chi connectivity index (χ2n) is 7.59. The van der Waals surface area contributed by atoms with Crippen LogP contribution in [0.25, 0.3) is 28.2 Å². The van der Waals surface area contributed by atoms with Gasteiger partial charge >= 0.3 is 6.18 Å². The molecule has 1 saturated carbocycles. The van der Waals surface area contributed by atoms with E-state index in [1.807, 2.05) is 30.5 Å². The van der Waals surface area contributed by atoms with Gasteiger partial charge in [0.15, 0.2) is 10.8 Å². The van der Waals surface area contributed by atoms with Crippen LogP contribution in [-0.4, -0.2) is 37.3 Å². The van der Waals surface area contributed by atoms with E-state index in [0.717, 1.165) is 22.6 Å². The van der Waals surface area contributed by atoms with Crippen LogP contribution < -0.4 is 5.32 Å². The lowest BCUT2D eigenvalue weighted by atomic mass is 10.1. The Morgan fingerprint density at radius 1 is 1.10 bits per heavy atom. The Labute approximate surface area is 180 Å². The van der Waals surface area contributed by atoms with Crippen molar-refractivity contribution in [1.82, 2.24) is 24.6 Å². The monoisotopic (exact) mass is 446 g/mol. The van der Waals surface area contributed by atoms with E-state index < -0.39 is 12.6 Å². The first-order valence-electron chi connectivity index (χ1n) is 9.88. The van der Waals surface area contributed by atoms with Gasteiger partial charge in [0.2, 0.25) is 0 Å². The van der Waals surface area contributed by atoms with Crippen molar-refractivity contribution in [2.45, 2.75) is 31.4 Å². The summed E-state index contributed by atoms with van der Waals surface area (Å²) in [4.78, 5) is 12.2. The van der Waals surface area contributed by atoms with Gasteiger partial charge in [-0.3, -0.25) is 0 Å². The van der Waals surface area contributed by atoms with E-state index in [9.17, 15) is 13.2 Å². The summed E-state index contributed by atoms with van der Waals surface area (Å²) < 4.78 is 38.9. The van der Waals surface area contributed by atoms with Gasteiger partial charge in [-0.25, -0.2) is 14.5 Å². The fourth-order valence-electron chi connectivity index (χ4n) is 3.47. The first-order valence-corrected chi connectivity index (χ1v) is 10.3. The molecule has 160 valence electrons. The van der Waals surface area contributed by atoms with Crippen molar-refractivity contribution in [3.8, 4) is 22.5 Å². The van der Waals surface area contributed by atoms with E-state index >= 15 is 0 Å². The minimum absolute atomic E-state index is 0.156. The van der Waals surface area contributed by atoms with E-state index in [-0.39, 0.29) is 11.7 Å². The highest BCUT2D eigenvalue weighted by atomic mass is 35.5. The minimum Gasteiger partial charge on any atom is -0.382 e. The molecule has 3 aromatic heterocycles. The second-order valence-corrected chi connectivity index (χ2v) is 7.97. The van der Waals surface area contributed by atoms with Crippen LogP contribution in [0.2, 0.25) is 5.15 Å². The highest BCUT2D eigenvalue weighted by Gasteiger charge is 2.27. The van der Waals surface area contributed by atoms with E-state index in [1.54, 1.807) is 6.20 Å². The first-order chi connectivity index (χ1) is 14.9. The van der Waals surface area contributed by atoms with Gasteiger partial charge in [-0.05, 0) is 18.4 Å². The molecule has 2 N–H and O–H groups in total. The van der Waals surface area contributed by atoms with Gasteiger partial charge in [0, 0.05) is 24.1 Å². The van der Waals surface area contributed by atoms with Crippen LogP contribution in [-0.2, 0) is 0 Å². The molecule has 31 heavy (non-hydrogen) atoms. The third-order valence-corrected chi connectivity index (χ3v) is 5.40. The zero-order valence-electron chi connectivity index (χ0n) is 16.2. The Morgan fingerprint density at radius 2 is 1.84 bits per heavy atom. The fraction of sp³-hybridized carbons (Fsp3) is 0.286. The van der Waals surface area contributed by atoms with Crippen LogP contribution in [0, 0.1) is 0 Å². The number of aromatic amines is 1. The molecule has 1 aliphatic carbocycles. The molecular formula is C21H18ClF3N6. The Bertz CT molecular complexity index is 1220. The van der Waals surface area contributed by atoms with Crippen LogP contribution in [0.4, 0.5) is 18.9 Å². The summed E-state index contributed by atoms with van der Waals surface area (Å²) in [5.74, 6) is 1.59.